The van der Waals surface area contributed by atoms with Crippen LogP contribution < -0.4 is 18.5 Å². The van der Waals surface area contributed by atoms with Gasteiger partial charge in [0.15, 0.2) is 18.0 Å². The third-order valence-electron chi connectivity index (χ3n) is 9.43. The van der Waals surface area contributed by atoms with Crippen LogP contribution in [0.4, 0.5) is 5.82 Å². The fourth-order valence-corrected chi connectivity index (χ4v) is 7.48. The van der Waals surface area contributed by atoms with Gasteiger partial charge in [-0.3, -0.25) is 14.2 Å². The van der Waals surface area contributed by atoms with E-state index in [1.165, 1.54) is 25.7 Å². The highest BCUT2D eigenvalue weighted by atomic mass is 32.2. The summed E-state index contributed by atoms with van der Waals surface area (Å²) in [6, 6.07) is 5.59. The SMILES string of the molecule is Cc1cn2nc1OSNC(=O)c1ccc(-n3ccc(OCCC(C4CC4)C4CC4)n3)nc1N1CC(CCC2)CC1(C)C. The van der Waals surface area contributed by atoms with E-state index in [9.17, 15) is 4.79 Å². The van der Waals surface area contributed by atoms with Gasteiger partial charge in [-0.05, 0) is 108 Å². The Morgan fingerprint density at radius 3 is 2.74 bits per heavy atom. The van der Waals surface area contributed by atoms with E-state index in [0.29, 0.717) is 41.5 Å². The molecule has 10 nitrogen and oxygen atoms in total. The monoisotopic (exact) mass is 591 g/mol. The van der Waals surface area contributed by atoms with Gasteiger partial charge >= 0.3 is 0 Å². The van der Waals surface area contributed by atoms with Crippen LogP contribution in [-0.2, 0) is 6.54 Å². The summed E-state index contributed by atoms with van der Waals surface area (Å²) >= 11 is 0.885. The summed E-state index contributed by atoms with van der Waals surface area (Å²) in [6.45, 7) is 8.82. The highest BCUT2D eigenvalue weighted by molar-refractivity contribution is 7.93. The van der Waals surface area contributed by atoms with E-state index >= 15 is 0 Å². The molecule has 3 fully saturated rings. The molecule has 3 aromatic rings. The van der Waals surface area contributed by atoms with E-state index in [1.807, 2.05) is 42.2 Å². The Morgan fingerprint density at radius 2 is 1.95 bits per heavy atom. The molecule has 42 heavy (non-hydrogen) atoms. The number of anilines is 1. The number of aromatic nitrogens is 5. The van der Waals surface area contributed by atoms with E-state index in [2.05, 4.69) is 28.6 Å². The molecule has 1 atom stereocenters. The smallest absolute Gasteiger partial charge is 0.267 e. The summed E-state index contributed by atoms with van der Waals surface area (Å²) in [7, 11) is 0. The largest absolute Gasteiger partial charge is 0.477 e. The van der Waals surface area contributed by atoms with Crippen molar-refractivity contribution in [2.24, 2.45) is 23.7 Å². The van der Waals surface area contributed by atoms with Crippen LogP contribution in [0.1, 0.15) is 81.1 Å². The summed E-state index contributed by atoms with van der Waals surface area (Å²) in [4.78, 5) is 20.8. The molecule has 2 saturated carbocycles. The molecule has 5 heterocycles. The second-order valence-corrected chi connectivity index (χ2v) is 13.8. The number of hydrogen-bond acceptors (Lipinski definition) is 8. The number of aryl methyl sites for hydroxylation is 2. The number of ether oxygens (including phenoxy) is 1. The maximum atomic E-state index is 13.5. The van der Waals surface area contributed by atoms with Crippen LogP contribution in [0, 0.1) is 30.6 Å². The van der Waals surface area contributed by atoms with Crippen molar-refractivity contribution < 1.29 is 13.7 Å². The quantitative estimate of drug-likeness (QED) is 0.274. The van der Waals surface area contributed by atoms with E-state index in [4.69, 9.17) is 19.0 Å². The van der Waals surface area contributed by atoms with E-state index in [-0.39, 0.29) is 11.4 Å². The molecule has 224 valence electrons. The highest BCUT2D eigenvalue weighted by Gasteiger charge is 2.42. The van der Waals surface area contributed by atoms with Crippen molar-refractivity contribution in [3.8, 4) is 17.6 Å². The minimum absolute atomic E-state index is 0.153. The van der Waals surface area contributed by atoms with Gasteiger partial charge < -0.3 is 13.8 Å². The summed E-state index contributed by atoms with van der Waals surface area (Å²) in [5.41, 5.74) is 1.30. The number of carbonyl (C=O) groups excluding carboxylic acids is 1. The number of amides is 1. The molecule has 4 aliphatic rings. The topological polar surface area (TPSA) is 99.3 Å². The molecule has 4 bridgehead atoms. The van der Waals surface area contributed by atoms with Crippen molar-refractivity contribution in [3.63, 3.8) is 0 Å². The van der Waals surface area contributed by atoms with Crippen molar-refractivity contribution in [1.82, 2.24) is 29.3 Å². The number of nitrogens with zero attached hydrogens (tertiary/aromatic N) is 6. The molecule has 7 rings (SSSR count). The minimum atomic E-state index is -0.259. The number of hydrogen-bond donors (Lipinski definition) is 1. The van der Waals surface area contributed by atoms with Crippen molar-refractivity contribution in [2.75, 3.05) is 18.1 Å². The molecule has 1 N–H and O–H groups in total. The summed E-state index contributed by atoms with van der Waals surface area (Å²) in [5, 5.41) is 9.25. The molecule has 0 aromatic carbocycles. The van der Waals surface area contributed by atoms with Gasteiger partial charge in [0.2, 0.25) is 5.88 Å². The second kappa shape index (κ2) is 11.1. The van der Waals surface area contributed by atoms with E-state index in [1.54, 1.807) is 4.68 Å². The van der Waals surface area contributed by atoms with Crippen LogP contribution >= 0.6 is 12.2 Å². The Bertz CT molecular complexity index is 1430. The number of fused-ring (bicyclic) bond motifs is 6. The molecule has 2 aliphatic heterocycles. The summed E-state index contributed by atoms with van der Waals surface area (Å²) in [5.74, 6) is 5.36. The fourth-order valence-electron chi connectivity index (χ4n) is 7.01. The zero-order valence-electron chi connectivity index (χ0n) is 24.8. The van der Waals surface area contributed by atoms with Crippen molar-refractivity contribution in [1.29, 1.82) is 0 Å². The number of rotatable bonds is 7. The third kappa shape index (κ3) is 5.85. The lowest BCUT2D eigenvalue weighted by molar-refractivity contribution is 0.0983. The molecule has 3 aromatic heterocycles. The van der Waals surface area contributed by atoms with Crippen LogP contribution in [0.5, 0.6) is 11.8 Å². The average Bonchev–Trinajstić information content (AvgIpc) is 3.88. The zero-order chi connectivity index (χ0) is 28.8. The van der Waals surface area contributed by atoms with Crippen LogP contribution in [0.3, 0.4) is 0 Å². The maximum Gasteiger partial charge on any atom is 0.267 e. The standard InChI is InChI=1S/C31H41N7O3S/c1-20-18-36-14-4-5-21-17-31(2,3)37(19-21)28-25(29(39)35-42-41-30(20)34-36)10-11-26(32-28)38-15-12-27(33-38)40-16-13-24(22-6-7-22)23-8-9-23/h10-12,15,18,21-24H,4-9,13-14,16-17,19H2,1-3H3,(H,35,39). The van der Waals surface area contributed by atoms with Gasteiger partial charge in [0.1, 0.15) is 5.82 Å². The summed E-state index contributed by atoms with van der Waals surface area (Å²) < 4.78 is 18.4. The normalized spacial score (nSPS) is 22.2. The van der Waals surface area contributed by atoms with Crippen LogP contribution in [0.15, 0.2) is 30.6 Å². The molecule has 0 radical (unpaired) electrons. The van der Waals surface area contributed by atoms with Gasteiger partial charge in [-0.15, -0.1) is 10.2 Å². The Morgan fingerprint density at radius 1 is 1.14 bits per heavy atom. The minimum Gasteiger partial charge on any atom is -0.477 e. The van der Waals surface area contributed by atoms with E-state index in [0.717, 1.165) is 74.3 Å². The lowest BCUT2D eigenvalue weighted by Crippen LogP contribution is -2.40. The lowest BCUT2D eigenvalue weighted by atomic mass is 9.93. The first-order chi connectivity index (χ1) is 20.3. The Kier molecular flexibility index (Phi) is 7.32. The van der Waals surface area contributed by atoms with Gasteiger partial charge in [0, 0.05) is 42.7 Å². The molecule has 11 heteroatoms. The molecule has 2 aliphatic carbocycles. The Balaban J connectivity index is 1.12. The van der Waals surface area contributed by atoms with Crippen molar-refractivity contribution in [3.05, 3.63) is 41.7 Å². The molecule has 1 unspecified atom stereocenters. The van der Waals surface area contributed by atoms with Crippen LogP contribution in [-0.4, -0.2) is 49.1 Å². The Labute approximate surface area is 251 Å². The van der Waals surface area contributed by atoms with Gasteiger partial charge in [0.25, 0.3) is 11.8 Å². The predicted molar refractivity (Wildman–Crippen MR) is 162 cm³/mol. The van der Waals surface area contributed by atoms with Gasteiger partial charge in [0.05, 0.1) is 12.2 Å². The van der Waals surface area contributed by atoms with Gasteiger partial charge in [-0.1, -0.05) is 0 Å². The van der Waals surface area contributed by atoms with Gasteiger partial charge in [-0.2, -0.15) is 0 Å². The average molecular weight is 592 g/mol. The molecular weight excluding hydrogens is 550 g/mol. The number of pyridine rings is 1. The number of carbonyl (C=O) groups is 1. The molecule has 1 amide bonds. The first kappa shape index (κ1) is 27.6. The lowest BCUT2D eigenvalue weighted by Gasteiger charge is -2.33. The fraction of sp³-hybridized carbons (Fsp3) is 0.613. The number of nitrogens with one attached hydrogen (secondary N) is 1. The second-order valence-electron chi connectivity index (χ2n) is 13.2. The van der Waals surface area contributed by atoms with Crippen LogP contribution in [0.2, 0.25) is 0 Å². The zero-order valence-corrected chi connectivity index (χ0v) is 25.6. The predicted octanol–water partition coefficient (Wildman–Crippen LogP) is 5.75. The molecular formula is C31H41N7O3S. The third-order valence-corrected chi connectivity index (χ3v) is 9.94. The van der Waals surface area contributed by atoms with Crippen molar-refractivity contribution >= 4 is 24.0 Å². The Hall–Kier alpha value is -3.21. The highest BCUT2D eigenvalue weighted by Crippen LogP contribution is 2.50. The van der Waals surface area contributed by atoms with Gasteiger partial charge in [-0.25, -0.2) is 9.67 Å². The maximum absolute atomic E-state index is 13.5. The molecule has 0 spiro atoms. The first-order valence-corrected chi connectivity index (χ1v) is 16.2. The molecule has 1 saturated heterocycles. The summed E-state index contributed by atoms with van der Waals surface area (Å²) in [6.07, 6.45) is 13.7. The van der Waals surface area contributed by atoms with E-state index < -0.39 is 0 Å². The first-order valence-electron chi connectivity index (χ1n) is 15.5. The van der Waals surface area contributed by atoms with Crippen LogP contribution in [0.25, 0.3) is 5.82 Å². The van der Waals surface area contributed by atoms with Crippen molar-refractivity contribution in [2.45, 2.75) is 84.2 Å².